The van der Waals surface area contributed by atoms with Crippen molar-refractivity contribution in [1.82, 2.24) is 19.8 Å². The molecule has 0 aliphatic carbocycles. The van der Waals surface area contributed by atoms with E-state index < -0.39 is 0 Å². The van der Waals surface area contributed by atoms with Crippen LogP contribution in [0.5, 0.6) is 11.6 Å². The third-order valence-electron chi connectivity index (χ3n) is 5.36. The van der Waals surface area contributed by atoms with Gasteiger partial charge in [0.15, 0.2) is 0 Å². The molecule has 0 bridgehead atoms. The topological polar surface area (TPSA) is 109 Å². The number of hydrogen-bond acceptors (Lipinski definition) is 8. The molecule has 1 aliphatic heterocycles. The van der Waals surface area contributed by atoms with E-state index in [1.807, 2.05) is 25.9 Å². The van der Waals surface area contributed by atoms with Crippen LogP contribution in [-0.2, 0) is 4.79 Å². The van der Waals surface area contributed by atoms with Crippen molar-refractivity contribution in [1.29, 1.82) is 0 Å². The number of nitrogens with one attached hydrogen (secondary N) is 1. The maximum Gasteiger partial charge on any atom is 0.254 e. The molecular formula is C25H31ClN6O4. The number of likely N-dealkylation sites (tertiary alicyclic amines) is 1. The zero-order chi connectivity index (χ0) is 26.1. The standard InChI is InChI=1S/C25H31ClN6O4/c1-5-22(33)29-20-8-7-18(13-21(20)36-12-11-31(3)4)24(34)32-10-9-17(16-32)14-27-25-28-15-19(26)23(30-25)35-6-2/h5,7-8,13-15,17H,1,6,9-12,16H2,2-4H3,(H,29,33). The first-order chi connectivity index (χ1) is 17.3. The molecule has 1 aromatic heterocycles. The predicted octanol–water partition coefficient (Wildman–Crippen LogP) is 3.46. The second kappa shape index (κ2) is 13.0. The number of hydrogen-bond donors (Lipinski definition) is 1. The third-order valence-corrected chi connectivity index (χ3v) is 5.62. The summed E-state index contributed by atoms with van der Waals surface area (Å²) in [5.74, 6) is 0.564. The molecule has 1 aromatic carbocycles. The van der Waals surface area contributed by atoms with Crippen molar-refractivity contribution in [2.75, 3.05) is 52.3 Å². The van der Waals surface area contributed by atoms with Gasteiger partial charge in [-0.1, -0.05) is 18.2 Å². The van der Waals surface area contributed by atoms with E-state index in [0.29, 0.717) is 60.8 Å². The fourth-order valence-electron chi connectivity index (χ4n) is 3.49. The summed E-state index contributed by atoms with van der Waals surface area (Å²) < 4.78 is 11.3. The van der Waals surface area contributed by atoms with Crippen molar-refractivity contribution in [3.05, 3.63) is 47.6 Å². The number of nitrogens with zero attached hydrogens (tertiary/aromatic N) is 5. The zero-order valence-corrected chi connectivity index (χ0v) is 21.5. The molecule has 1 atom stereocenters. The maximum atomic E-state index is 13.2. The van der Waals surface area contributed by atoms with E-state index in [2.05, 4.69) is 26.9 Å². The number of likely N-dealkylation sites (N-methyl/N-ethyl adjacent to an activating group) is 1. The Kier molecular flexibility index (Phi) is 9.77. The van der Waals surface area contributed by atoms with Gasteiger partial charge in [-0.25, -0.2) is 9.98 Å². The Bertz CT molecular complexity index is 1120. The first-order valence-corrected chi connectivity index (χ1v) is 12.0. The van der Waals surface area contributed by atoms with Gasteiger partial charge in [-0.2, -0.15) is 4.98 Å². The average Bonchev–Trinajstić information content (AvgIpc) is 3.34. The lowest BCUT2D eigenvalue weighted by Crippen LogP contribution is -2.29. The second-order valence-corrected chi connectivity index (χ2v) is 8.80. The number of rotatable bonds is 11. The molecule has 2 amide bonds. The Morgan fingerprint density at radius 2 is 2.17 bits per heavy atom. The summed E-state index contributed by atoms with van der Waals surface area (Å²) in [7, 11) is 3.88. The van der Waals surface area contributed by atoms with Gasteiger partial charge in [-0.15, -0.1) is 0 Å². The number of carbonyl (C=O) groups excluding carboxylic acids is 2. The minimum Gasteiger partial charge on any atom is -0.490 e. The monoisotopic (exact) mass is 514 g/mol. The summed E-state index contributed by atoms with van der Waals surface area (Å²) >= 11 is 6.03. The molecule has 192 valence electrons. The van der Waals surface area contributed by atoms with E-state index in [9.17, 15) is 9.59 Å². The Labute approximate surface area is 216 Å². The van der Waals surface area contributed by atoms with E-state index in [0.717, 1.165) is 6.42 Å². The molecule has 10 nitrogen and oxygen atoms in total. The van der Waals surface area contributed by atoms with Gasteiger partial charge < -0.3 is 24.6 Å². The molecule has 3 rings (SSSR count). The summed E-state index contributed by atoms with van der Waals surface area (Å²) in [6, 6.07) is 5.01. The average molecular weight is 515 g/mol. The second-order valence-electron chi connectivity index (χ2n) is 8.39. The lowest BCUT2D eigenvalue weighted by atomic mass is 10.1. The van der Waals surface area contributed by atoms with Gasteiger partial charge in [-0.3, -0.25) is 9.59 Å². The van der Waals surface area contributed by atoms with Crippen molar-refractivity contribution < 1.29 is 19.1 Å². The van der Waals surface area contributed by atoms with Crippen LogP contribution in [0.2, 0.25) is 5.02 Å². The van der Waals surface area contributed by atoms with Crippen molar-refractivity contribution in [2.24, 2.45) is 10.9 Å². The van der Waals surface area contributed by atoms with Crippen LogP contribution >= 0.6 is 11.6 Å². The molecule has 0 radical (unpaired) electrons. The molecule has 2 heterocycles. The fraction of sp³-hybridized carbons (Fsp3) is 0.400. The van der Waals surface area contributed by atoms with Crippen LogP contribution in [0.4, 0.5) is 11.6 Å². The van der Waals surface area contributed by atoms with E-state index in [1.54, 1.807) is 29.3 Å². The number of amides is 2. The van der Waals surface area contributed by atoms with Gasteiger partial charge in [0.05, 0.1) is 18.5 Å². The molecule has 1 fully saturated rings. The van der Waals surface area contributed by atoms with Gasteiger partial charge in [0.1, 0.15) is 17.4 Å². The van der Waals surface area contributed by atoms with Crippen LogP contribution in [0.25, 0.3) is 0 Å². The zero-order valence-electron chi connectivity index (χ0n) is 20.7. The predicted molar refractivity (Wildman–Crippen MR) is 140 cm³/mol. The molecule has 1 N–H and O–H groups in total. The molecule has 11 heteroatoms. The van der Waals surface area contributed by atoms with Crippen molar-refractivity contribution in [3.63, 3.8) is 0 Å². The lowest BCUT2D eigenvalue weighted by Gasteiger charge is -2.18. The first-order valence-electron chi connectivity index (χ1n) is 11.6. The summed E-state index contributed by atoms with van der Waals surface area (Å²) in [6.45, 7) is 7.95. The molecule has 0 saturated carbocycles. The highest BCUT2D eigenvalue weighted by atomic mass is 35.5. The molecule has 1 aliphatic rings. The van der Waals surface area contributed by atoms with E-state index in [-0.39, 0.29) is 23.7 Å². The van der Waals surface area contributed by atoms with Gasteiger partial charge in [-0.05, 0) is 51.7 Å². The number of aliphatic imine (C=N–C) groups is 1. The minimum absolute atomic E-state index is 0.0609. The largest absolute Gasteiger partial charge is 0.490 e. The summed E-state index contributed by atoms with van der Waals surface area (Å²) in [4.78, 5) is 41.4. The van der Waals surface area contributed by atoms with Crippen LogP contribution in [-0.4, -0.2) is 84.7 Å². The Morgan fingerprint density at radius 1 is 1.36 bits per heavy atom. The van der Waals surface area contributed by atoms with Crippen LogP contribution in [0, 0.1) is 5.92 Å². The summed E-state index contributed by atoms with van der Waals surface area (Å²) in [5.41, 5.74) is 0.961. The van der Waals surface area contributed by atoms with E-state index in [4.69, 9.17) is 21.1 Å². The highest BCUT2D eigenvalue weighted by Crippen LogP contribution is 2.28. The smallest absolute Gasteiger partial charge is 0.254 e. The molecule has 2 aromatic rings. The third kappa shape index (κ3) is 7.50. The number of benzene rings is 1. The molecule has 0 spiro atoms. The van der Waals surface area contributed by atoms with Gasteiger partial charge in [0, 0.05) is 37.3 Å². The van der Waals surface area contributed by atoms with Gasteiger partial charge >= 0.3 is 0 Å². The SMILES string of the molecule is C=CC(=O)Nc1ccc(C(=O)N2CCC(C=Nc3ncc(Cl)c(OCC)n3)C2)cc1OCCN(C)C. The lowest BCUT2D eigenvalue weighted by molar-refractivity contribution is -0.111. The molecular weight excluding hydrogens is 484 g/mol. The first kappa shape index (κ1) is 27.1. The van der Waals surface area contributed by atoms with Gasteiger partial charge in [0.25, 0.3) is 11.9 Å². The summed E-state index contributed by atoms with van der Waals surface area (Å²) in [5, 5.41) is 3.05. The van der Waals surface area contributed by atoms with Crippen LogP contribution in [0.1, 0.15) is 23.7 Å². The van der Waals surface area contributed by atoms with Crippen molar-refractivity contribution in [3.8, 4) is 11.6 Å². The van der Waals surface area contributed by atoms with E-state index >= 15 is 0 Å². The maximum absolute atomic E-state index is 13.2. The molecule has 1 saturated heterocycles. The molecule has 36 heavy (non-hydrogen) atoms. The Balaban J connectivity index is 1.68. The normalized spacial score (nSPS) is 15.4. The van der Waals surface area contributed by atoms with Crippen LogP contribution in [0.3, 0.4) is 0 Å². The number of carbonyl (C=O) groups is 2. The number of aromatic nitrogens is 2. The van der Waals surface area contributed by atoms with Crippen molar-refractivity contribution in [2.45, 2.75) is 13.3 Å². The van der Waals surface area contributed by atoms with E-state index in [1.165, 1.54) is 12.3 Å². The number of ether oxygens (including phenoxy) is 2. The van der Waals surface area contributed by atoms with Crippen LogP contribution < -0.4 is 14.8 Å². The Morgan fingerprint density at radius 3 is 2.89 bits per heavy atom. The quantitative estimate of drug-likeness (QED) is 0.361. The van der Waals surface area contributed by atoms with Gasteiger partial charge in [0.2, 0.25) is 11.8 Å². The number of anilines is 1. The van der Waals surface area contributed by atoms with Crippen molar-refractivity contribution >= 4 is 41.3 Å². The summed E-state index contributed by atoms with van der Waals surface area (Å²) in [6.07, 6.45) is 5.16. The number of halogens is 1. The minimum atomic E-state index is -0.355. The highest BCUT2D eigenvalue weighted by Gasteiger charge is 2.27. The Hall–Kier alpha value is -3.50. The van der Waals surface area contributed by atoms with Crippen LogP contribution in [0.15, 0.2) is 42.0 Å². The fourth-order valence-corrected chi connectivity index (χ4v) is 3.64. The highest BCUT2D eigenvalue weighted by molar-refractivity contribution is 6.31. The molecule has 1 unspecified atom stereocenters.